The van der Waals surface area contributed by atoms with Crippen molar-refractivity contribution in [3.8, 4) is 0 Å². The van der Waals surface area contributed by atoms with Gasteiger partial charge >= 0.3 is 18.6 Å². The van der Waals surface area contributed by atoms with Crippen LogP contribution in [0.15, 0.2) is 20.1 Å². The van der Waals surface area contributed by atoms with E-state index in [1.165, 1.54) is 0 Å². The summed E-state index contributed by atoms with van der Waals surface area (Å²) in [7, 11) is -6.00. The molecule has 0 unspecified atom stereocenters. The molecule has 0 spiro atoms. The van der Waals surface area contributed by atoms with Crippen molar-refractivity contribution in [3.63, 3.8) is 0 Å². The minimum Gasteiger partial charge on any atom is -0.594 e. The molecular formula is C11H13BBr2F4N4O. The van der Waals surface area contributed by atoms with E-state index in [0.717, 1.165) is 10.0 Å². The van der Waals surface area contributed by atoms with Gasteiger partial charge in [0.1, 0.15) is 10.0 Å². The molecule has 0 N–H and O–H groups in total. The molecule has 1 aromatic rings. The van der Waals surface area contributed by atoms with Crippen molar-refractivity contribution >= 4 is 50.5 Å². The van der Waals surface area contributed by atoms with Crippen LogP contribution in [0.3, 0.4) is 0 Å². The average molecular weight is 464 g/mol. The molecule has 0 amide bonds. The number of hydrogen-bond acceptors (Lipinski definition) is 3. The summed E-state index contributed by atoms with van der Waals surface area (Å²) in [5, 5.41) is 25.0. The first-order valence-electron chi connectivity index (χ1n) is 6.08. The zero-order chi connectivity index (χ0) is 18.6. The zero-order valence-corrected chi connectivity index (χ0v) is 15.8. The fourth-order valence-electron chi connectivity index (χ4n) is 1.26. The molecule has 0 saturated carbocycles. The van der Waals surface area contributed by atoms with Crippen LogP contribution in [0.2, 0.25) is 0 Å². The van der Waals surface area contributed by atoms with Gasteiger partial charge < -0.3 is 22.5 Å². The minimum absolute atomic E-state index is 0.165. The number of halogens is 6. The van der Waals surface area contributed by atoms with Crippen molar-refractivity contribution in [2.75, 3.05) is 0 Å². The third-order valence-electron chi connectivity index (χ3n) is 2.10. The summed E-state index contributed by atoms with van der Waals surface area (Å²) in [6.45, 7) is 7.27. The number of benzene rings is 1. The van der Waals surface area contributed by atoms with E-state index in [0.29, 0.717) is 9.33 Å². The molecule has 0 aromatic heterocycles. The molecule has 5 nitrogen and oxygen atoms in total. The monoisotopic (exact) mass is 462 g/mol. The van der Waals surface area contributed by atoms with E-state index in [4.69, 9.17) is 5.39 Å². The summed E-state index contributed by atoms with van der Waals surface area (Å²) in [4.78, 5) is 3.63. The maximum atomic E-state index is 12.0. The van der Waals surface area contributed by atoms with Crippen LogP contribution >= 0.6 is 31.9 Å². The Labute approximate surface area is 147 Å². The van der Waals surface area contributed by atoms with Gasteiger partial charge in [-0.25, -0.2) is 0 Å². The SMILES string of the molecule is Cc1c(Br)cc([N+]([O-])=NC(C)(C)C)c([N+]#N)c1Br.F[B-](F)(F)F. The standard InChI is InChI=1S/C11H13Br2N4O.BF4/c1-6-7(12)5-8(10(15-14)9(6)13)17(18)16-11(2,3)4;2-1(3,4)5/h5H,1-4H3;/q+1;-1. The molecule has 0 atom stereocenters. The van der Waals surface area contributed by atoms with Crippen LogP contribution in [0, 0.1) is 17.5 Å². The molecule has 0 aliphatic carbocycles. The average Bonchev–Trinajstić information content (AvgIpc) is 2.31. The van der Waals surface area contributed by atoms with Gasteiger partial charge in [-0.15, -0.1) is 0 Å². The van der Waals surface area contributed by atoms with E-state index in [1.807, 2.05) is 27.7 Å². The Morgan fingerprint density at radius 1 is 1.26 bits per heavy atom. The predicted molar refractivity (Wildman–Crippen MR) is 87.0 cm³/mol. The highest BCUT2D eigenvalue weighted by Gasteiger charge is 2.31. The molecule has 1 aromatic carbocycles. The summed E-state index contributed by atoms with van der Waals surface area (Å²) in [5.74, 6) is 0. The molecule has 0 aliphatic heterocycles. The minimum atomic E-state index is -6.00. The van der Waals surface area contributed by atoms with Crippen molar-refractivity contribution < 1.29 is 22.1 Å². The van der Waals surface area contributed by atoms with Crippen molar-refractivity contribution in [1.82, 2.24) is 0 Å². The lowest BCUT2D eigenvalue weighted by Gasteiger charge is -2.09. The largest absolute Gasteiger partial charge is 0.673 e. The molecule has 128 valence electrons. The van der Waals surface area contributed by atoms with Crippen LogP contribution in [0.5, 0.6) is 0 Å². The van der Waals surface area contributed by atoms with Crippen LogP contribution < -0.4 is 0 Å². The summed E-state index contributed by atoms with van der Waals surface area (Å²) in [6, 6.07) is 1.58. The Balaban J connectivity index is 0.000000841. The Morgan fingerprint density at radius 3 is 2.04 bits per heavy atom. The van der Waals surface area contributed by atoms with E-state index in [1.54, 1.807) is 6.07 Å². The van der Waals surface area contributed by atoms with Gasteiger partial charge in [0.15, 0.2) is 4.98 Å². The Hall–Kier alpha value is -1.22. The number of diazo groups is 1. The van der Waals surface area contributed by atoms with Gasteiger partial charge in [-0.2, -0.15) is 0 Å². The number of azo groups is 1. The van der Waals surface area contributed by atoms with Gasteiger partial charge in [0.2, 0.25) is 5.39 Å². The van der Waals surface area contributed by atoms with Gasteiger partial charge in [0.05, 0.1) is 0 Å². The molecule has 0 bridgehead atoms. The molecule has 0 fully saturated rings. The number of nitrogens with zero attached hydrogens (tertiary/aromatic N) is 4. The summed E-state index contributed by atoms with van der Waals surface area (Å²) in [5.41, 5.74) is 0.671. The van der Waals surface area contributed by atoms with Crippen molar-refractivity contribution in [2.24, 2.45) is 5.11 Å². The summed E-state index contributed by atoms with van der Waals surface area (Å²) < 4.78 is 40.3. The summed E-state index contributed by atoms with van der Waals surface area (Å²) >= 11 is 6.65. The van der Waals surface area contributed by atoms with Crippen LogP contribution in [0.25, 0.3) is 4.98 Å². The van der Waals surface area contributed by atoms with E-state index in [9.17, 15) is 22.5 Å². The second-order valence-corrected chi connectivity index (χ2v) is 6.95. The lowest BCUT2D eigenvalue weighted by atomic mass is 10.1. The normalized spacial score (nSPS) is 12.3. The third-order valence-corrected chi connectivity index (χ3v) is 3.89. The molecule has 23 heavy (non-hydrogen) atoms. The summed E-state index contributed by atoms with van der Waals surface area (Å²) in [6.07, 6.45) is 0. The molecule has 0 aliphatic rings. The second kappa shape index (κ2) is 8.05. The molecule has 1 rings (SSSR count). The van der Waals surface area contributed by atoms with Crippen LogP contribution in [-0.4, -0.2) is 17.7 Å². The lowest BCUT2D eigenvalue weighted by molar-refractivity contribution is -0.448. The van der Waals surface area contributed by atoms with Gasteiger partial charge in [-0.05, 0) is 59.2 Å². The molecular weight excluding hydrogens is 451 g/mol. The van der Waals surface area contributed by atoms with Crippen molar-refractivity contribution in [1.29, 1.82) is 5.39 Å². The number of rotatable bonds is 1. The molecule has 0 saturated heterocycles. The zero-order valence-electron chi connectivity index (χ0n) is 12.6. The quantitative estimate of drug-likeness (QED) is 0.116. The molecule has 0 radical (unpaired) electrons. The highest BCUT2D eigenvalue weighted by atomic mass is 79.9. The first-order chi connectivity index (χ1) is 10.2. The van der Waals surface area contributed by atoms with Crippen molar-refractivity contribution in [2.45, 2.75) is 33.2 Å². The second-order valence-electron chi connectivity index (χ2n) is 5.30. The predicted octanol–water partition coefficient (Wildman–Crippen LogP) is 6.70. The maximum absolute atomic E-state index is 12.0. The van der Waals surface area contributed by atoms with Crippen LogP contribution in [0.1, 0.15) is 26.3 Å². The number of hydrogen-bond donors (Lipinski definition) is 0. The fourth-order valence-corrected chi connectivity index (χ4v) is 2.44. The Morgan fingerprint density at radius 2 is 1.70 bits per heavy atom. The van der Waals surface area contributed by atoms with E-state index >= 15 is 0 Å². The fraction of sp³-hybridized carbons (Fsp3) is 0.455. The van der Waals surface area contributed by atoms with Crippen LogP contribution in [0.4, 0.5) is 28.6 Å². The highest BCUT2D eigenvalue weighted by Crippen LogP contribution is 2.41. The highest BCUT2D eigenvalue weighted by molar-refractivity contribution is 9.11. The van der Waals surface area contributed by atoms with Crippen LogP contribution in [-0.2, 0) is 0 Å². The third kappa shape index (κ3) is 8.27. The van der Waals surface area contributed by atoms with E-state index in [2.05, 4.69) is 42.0 Å². The smallest absolute Gasteiger partial charge is 0.594 e. The van der Waals surface area contributed by atoms with Gasteiger partial charge in [0, 0.05) is 10.5 Å². The van der Waals surface area contributed by atoms with Gasteiger partial charge in [-0.1, -0.05) is 15.9 Å². The van der Waals surface area contributed by atoms with Gasteiger partial charge in [-0.3, -0.25) is 0 Å². The first kappa shape index (κ1) is 21.8. The Bertz CT molecular complexity index is 647. The lowest BCUT2D eigenvalue weighted by Crippen LogP contribution is -2.13. The van der Waals surface area contributed by atoms with E-state index in [-0.39, 0.29) is 11.4 Å². The topological polar surface area (TPSA) is 66.6 Å². The van der Waals surface area contributed by atoms with Crippen molar-refractivity contribution in [3.05, 3.63) is 30.8 Å². The Kier molecular flexibility index (Phi) is 7.63. The molecule has 12 heteroatoms. The maximum Gasteiger partial charge on any atom is 0.673 e. The van der Waals surface area contributed by atoms with Gasteiger partial charge in [0.25, 0.3) is 0 Å². The molecule has 0 heterocycles. The van der Waals surface area contributed by atoms with E-state index < -0.39 is 12.8 Å². The first-order valence-corrected chi connectivity index (χ1v) is 7.67.